The number of hydrogen-bond acceptors (Lipinski definition) is 14. The van der Waals surface area contributed by atoms with Crippen LogP contribution in [0.15, 0.2) is 121 Å². The second-order valence-corrected chi connectivity index (χ2v) is 22.0. The molecule has 0 radical (unpaired) electrons. The number of hydrogen-bond donors (Lipinski definition) is 0. The maximum Gasteiger partial charge on any atom is 0.494 e. The summed E-state index contributed by atoms with van der Waals surface area (Å²) in [6.07, 6.45) is 13.6. The Hall–Kier alpha value is -6.37. The average Bonchev–Trinajstić information content (AvgIpc) is 4.24. The van der Waals surface area contributed by atoms with Crippen molar-refractivity contribution >= 4 is 90.2 Å². The van der Waals surface area contributed by atoms with Crippen molar-refractivity contribution in [2.75, 3.05) is 22.9 Å². The van der Waals surface area contributed by atoms with E-state index in [-0.39, 0.29) is 18.3 Å². The number of aromatic nitrogens is 10. The summed E-state index contributed by atoms with van der Waals surface area (Å²) >= 11 is 9.40. The SMILES string of the molecule is CC1(C)OB(c2ccc3ncsc3c2)OC1(C)C.C[C@H]1CCCN1c1cccc(Cc2cc(-c3ccc4ncsc4c3)nn3ccnc23)n1.C[C@H]1CCCN1c1cccc(Cc2cc(Cl)nn3ccnc23)n1. The van der Waals surface area contributed by atoms with Gasteiger partial charge in [-0.3, -0.25) is 0 Å². The monoisotopic (exact) mass is 1010 g/mol. The molecule has 3 aliphatic rings. The highest BCUT2D eigenvalue weighted by Gasteiger charge is 2.51. The molecule has 3 saturated heterocycles. The van der Waals surface area contributed by atoms with Gasteiger partial charge in [0.15, 0.2) is 11.3 Å². The van der Waals surface area contributed by atoms with Crippen molar-refractivity contribution in [2.24, 2.45) is 0 Å². The van der Waals surface area contributed by atoms with Crippen molar-refractivity contribution < 1.29 is 9.31 Å². The zero-order valence-corrected chi connectivity index (χ0v) is 43.7. The van der Waals surface area contributed by atoms with Gasteiger partial charge in [-0.05, 0) is 133 Å². The lowest BCUT2D eigenvalue weighted by Crippen LogP contribution is -2.41. The van der Waals surface area contributed by atoms with E-state index in [1.165, 1.54) is 35.1 Å². The first-order valence-corrected chi connectivity index (χ1v) is 26.8. The number of fused-ring (bicyclic) bond motifs is 4. The summed E-state index contributed by atoms with van der Waals surface area (Å²) in [5, 5.41) is 9.49. The van der Waals surface area contributed by atoms with E-state index < -0.39 is 0 Å². The summed E-state index contributed by atoms with van der Waals surface area (Å²) in [5.74, 6) is 2.14. The number of benzene rings is 2. The molecule has 3 fully saturated rings. The van der Waals surface area contributed by atoms with Crippen molar-refractivity contribution in [1.29, 1.82) is 0 Å². The third-order valence-corrected chi connectivity index (χ3v) is 16.1. The van der Waals surface area contributed by atoms with Gasteiger partial charge in [-0.15, -0.1) is 22.7 Å². The van der Waals surface area contributed by atoms with Crippen LogP contribution in [-0.4, -0.2) is 92.6 Å². The zero-order valence-electron chi connectivity index (χ0n) is 41.3. The molecule has 72 heavy (non-hydrogen) atoms. The van der Waals surface area contributed by atoms with Gasteiger partial charge in [0.25, 0.3) is 0 Å². The maximum absolute atomic E-state index is 6.11. The van der Waals surface area contributed by atoms with Crippen LogP contribution in [-0.2, 0) is 22.2 Å². The molecule has 0 bridgehead atoms. The van der Waals surface area contributed by atoms with Crippen LogP contribution in [0.1, 0.15) is 89.7 Å². The number of anilines is 2. The fourth-order valence-electron chi connectivity index (χ4n) is 9.73. The van der Waals surface area contributed by atoms with E-state index in [1.54, 1.807) is 45.8 Å². The quantitative estimate of drug-likeness (QED) is 0.134. The summed E-state index contributed by atoms with van der Waals surface area (Å²) in [4.78, 5) is 32.2. The van der Waals surface area contributed by atoms with Crippen LogP contribution in [0.4, 0.5) is 11.6 Å². The summed E-state index contributed by atoms with van der Waals surface area (Å²) in [5.41, 5.74) is 14.2. The smallest absolute Gasteiger partial charge is 0.399 e. The molecule has 2 aromatic carbocycles. The molecule has 18 heteroatoms. The standard InChI is InChI=1S/C24H22N6S.C17H18ClN5.C13H16BNO2S/c1-16-4-3-10-29(16)23-6-2-5-19(27-23)12-18-13-21(28-30-11-9-25-24(18)30)17-7-8-20-22(14-17)31-15-26-20;1-12-4-3-8-22(12)16-6-2-5-14(20-16)10-13-11-15(18)21-23-9-7-19-17(13)23;1-12(2)13(3,4)17-14(16-12)9-5-6-10-11(7-9)18-8-15-10/h2,5-9,11,13-16H,3-4,10,12H2,1H3;2,5-7,9,11-12H,3-4,8,10H2,1H3;5-8H,1-4H3/t16-;12-;/m00./s1. The van der Waals surface area contributed by atoms with Gasteiger partial charge in [-0.25, -0.2) is 38.9 Å². The Kier molecular flexibility index (Phi) is 13.3. The minimum absolute atomic E-state index is 0.290. The fraction of sp³-hybridized carbons (Fsp3) is 0.333. The lowest BCUT2D eigenvalue weighted by molar-refractivity contribution is 0.00578. The van der Waals surface area contributed by atoms with Gasteiger partial charge >= 0.3 is 7.12 Å². The van der Waals surface area contributed by atoms with Crippen LogP contribution in [0.5, 0.6) is 0 Å². The van der Waals surface area contributed by atoms with Gasteiger partial charge in [0.1, 0.15) is 16.8 Å². The second-order valence-electron chi connectivity index (χ2n) is 19.8. The lowest BCUT2D eigenvalue weighted by atomic mass is 9.79. The highest BCUT2D eigenvalue weighted by molar-refractivity contribution is 7.17. The number of pyridine rings is 2. The van der Waals surface area contributed by atoms with Crippen LogP contribution in [0, 0.1) is 0 Å². The Morgan fingerprint density at radius 1 is 0.639 bits per heavy atom. The molecule has 11 heterocycles. The van der Waals surface area contributed by atoms with Crippen molar-refractivity contribution in [1.82, 2.24) is 49.1 Å². The van der Waals surface area contributed by atoms with Crippen LogP contribution in [0.25, 0.3) is 43.0 Å². The van der Waals surface area contributed by atoms with E-state index in [1.807, 2.05) is 39.9 Å². The summed E-state index contributed by atoms with van der Waals surface area (Å²) in [6, 6.07) is 30.2. The van der Waals surface area contributed by atoms with E-state index in [9.17, 15) is 0 Å². The zero-order chi connectivity index (χ0) is 49.6. The molecule has 3 aliphatic heterocycles. The Balaban J connectivity index is 0.000000122. The maximum atomic E-state index is 6.11. The van der Waals surface area contributed by atoms with Crippen LogP contribution in [0.2, 0.25) is 5.15 Å². The normalized spacial score (nSPS) is 18.3. The van der Waals surface area contributed by atoms with Gasteiger partial charge in [-0.2, -0.15) is 10.2 Å². The topological polar surface area (TPSA) is 137 Å². The second kappa shape index (κ2) is 19.9. The molecule has 14 nitrogen and oxygen atoms in total. The lowest BCUT2D eigenvalue weighted by Gasteiger charge is -2.32. The molecule has 10 aromatic rings. The van der Waals surface area contributed by atoms with E-state index in [4.69, 9.17) is 36.0 Å². The van der Waals surface area contributed by atoms with Gasteiger partial charge in [0, 0.05) is 90.9 Å². The highest BCUT2D eigenvalue weighted by atomic mass is 35.5. The minimum atomic E-state index is -0.291. The van der Waals surface area contributed by atoms with E-state index in [0.29, 0.717) is 23.7 Å². The molecule has 0 amide bonds. The Bertz CT molecular complexity index is 3520. The largest absolute Gasteiger partial charge is 0.494 e. The molecule has 0 unspecified atom stereocenters. The number of halogens is 1. The van der Waals surface area contributed by atoms with E-state index in [2.05, 4.69) is 143 Å². The highest BCUT2D eigenvalue weighted by Crippen LogP contribution is 2.37. The van der Waals surface area contributed by atoms with E-state index in [0.717, 1.165) is 92.7 Å². The average molecular weight is 1020 g/mol. The first-order valence-electron chi connectivity index (χ1n) is 24.6. The number of imidazole rings is 2. The van der Waals surface area contributed by atoms with Crippen molar-refractivity contribution in [3.63, 3.8) is 0 Å². The van der Waals surface area contributed by atoms with Crippen LogP contribution < -0.4 is 15.3 Å². The molecule has 13 rings (SSSR count). The first-order chi connectivity index (χ1) is 34.8. The molecular formula is C54H56BClN12O2S2. The fourth-order valence-corrected chi connectivity index (χ4v) is 11.4. The van der Waals surface area contributed by atoms with E-state index >= 15 is 0 Å². The Morgan fingerprint density at radius 2 is 1.18 bits per heavy atom. The van der Waals surface area contributed by atoms with Crippen LogP contribution >= 0.6 is 34.3 Å². The van der Waals surface area contributed by atoms with Gasteiger partial charge in [0.2, 0.25) is 0 Å². The molecule has 0 spiro atoms. The van der Waals surface area contributed by atoms with Crippen molar-refractivity contribution in [3.05, 3.63) is 148 Å². The minimum Gasteiger partial charge on any atom is -0.399 e. The predicted octanol–water partition coefficient (Wildman–Crippen LogP) is 10.9. The van der Waals surface area contributed by atoms with Crippen molar-refractivity contribution in [2.45, 2.75) is 103 Å². The molecule has 0 saturated carbocycles. The van der Waals surface area contributed by atoms with Gasteiger partial charge in [0.05, 0.1) is 48.4 Å². The third kappa shape index (κ3) is 9.92. The number of nitrogens with zero attached hydrogens (tertiary/aromatic N) is 12. The molecule has 8 aromatic heterocycles. The summed E-state index contributed by atoms with van der Waals surface area (Å²) in [7, 11) is -0.290. The number of thiazole rings is 2. The first kappa shape index (κ1) is 47.9. The molecule has 0 aliphatic carbocycles. The molecular weight excluding hydrogens is 959 g/mol. The van der Waals surface area contributed by atoms with Crippen LogP contribution in [0.3, 0.4) is 0 Å². The summed E-state index contributed by atoms with van der Waals surface area (Å²) in [6.45, 7) is 15.0. The van der Waals surface area contributed by atoms with Crippen molar-refractivity contribution in [3.8, 4) is 11.3 Å². The van der Waals surface area contributed by atoms with Gasteiger partial charge in [-0.1, -0.05) is 35.9 Å². The molecule has 0 N–H and O–H groups in total. The predicted molar refractivity (Wildman–Crippen MR) is 291 cm³/mol. The molecule has 2 atom stereocenters. The van der Waals surface area contributed by atoms with Gasteiger partial charge < -0.3 is 19.1 Å². The Morgan fingerprint density at radius 3 is 1.75 bits per heavy atom. The summed E-state index contributed by atoms with van der Waals surface area (Å²) < 4.78 is 18.0. The number of rotatable bonds is 8. The molecule has 366 valence electrons. The third-order valence-electron chi connectivity index (χ3n) is 14.4. The Labute approximate surface area is 432 Å².